The molecule has 80 valence electrons. The Kier molecular flexibility index (Phi) is 3.18. The summed E-state index contributed by atoms with van der Waals surface area (Å²) in [6, 6.07) is 0. The topological polar surface area (TPSA) is 20.3 Å². The number of likely N-dealkylation sites (N-methyl/N-ethyl adjacent to an activating group) is 1. The van der Waals surface area contributed by atoms with E-state index in [9.17, 15) is 18.0 Å². The fourth-order valence-electron chi connectivity index (χ4n) is 1.45. The van der Waals surface area contributed by atoms with Crippen LogP contribution in [0, 0.1) is 0 Å². The molecule has 0 aromatic rings. The summed E-state index contributed by atoms with van der Waals surface area (Å²) in [5.41, 5.74) is -0.127. The standard InChI is InChI=1S/C9H12F3NO/c1-13-5-3-2-4-7(8(13)14)6-9(10,11)12/h6H,2-5H2,1H3/b7-6-. The zero-order chi connectivity index (χ0) is 10.8. The number of hydrogen-bond acceptors (Lipinski definition) is 1. The molecule has 0 saturated carbocycles. The predicted molar refractivity (Wildman–Crippen MR) is 45.6 cm³/mol. The van der Waals surface area contributed by atoms with E-state index in [-0.39, 0.29) is 18.1 Å². The first-order valence-corrected chi connectivity index (χ1v) is 4.44. The van der Waals surface area contributed by atoms with Gasteiger partial charge in [0.05, 0.1) is 0 Å². The SMILES string of the molecule is CN1CCCC/C(=C/C(F)(F)F)C1=O. The molecule has 0 unspecified atom stereocenters. The van der Waals surface area contributed by atoms with Crippen molar-refractivity contribution in [1.29, 1.82) is 0 Å². The molecule has 2 nitrogen and oxygen atoms in total. The first-order valence-electron chi connectivity index (χ1n) is 4.44. The minimum Gasteiger partial charge on any atom is -0.342 e. The molecule has 0 N–H and O–H groups in total. The van der Waals surface area contributed by atoms with Crippen LogP contribution in [0.2, 0.25) is 0 Å². The van der Waals surface area contributed by atoms with E-state index in [4.69, 9.17) is 0 Å². The summed E-state index contributed by atoms with van der Waals surface area (Å²) < 4.78 is 36.1. The van der Waals surface area contributed by atoms with Crippen molar-refractivity contribution >= 4 is 5.91 Å². The van der Waals surface area contributed by atoms with Crippen LogP contribution >= 0.6 is 0 Å². The van der Waals surface area contributed by atoms with Gasteiger partial charge in [-0.05, 0) is 19.3 Å². The smallest absolute Gasteiger partial charge is 0.342 e. The largest absolute Gasteiger partial charge is 0.410 e. The summed E-state index contributed by atoms with van der Waals surface area (Å²) in [6.45, 7) is 0.536. The van der Waals surface area contributed by atoms with Crippen molar-refractivity contribution in [3.8, 4) is 0 Å². The molecule has 14 heavy (non-hydrogen) atoms. The number of hydrogen-bond donors (Lipinski definition) is 0. The molecule has 5 heteroatoms. The van der Waals surface area contributed by atoms with Crippen molar-refractivity contribution in [2.45, 2.75) is 25.4 Å². The average Bonchev–Trinajstić information content (AvgIpc) is 2.17. The van der Waals surface area contributed by atoms with Gasteiger partial charge in [-0.2, -0.15) is 13.2 Å². The van der Waals surface area contributed by atoms with Gasteiger partial charge in [0, 0.05) is 25.2 Å². The van der Waals surface area contributed by atoms with Gasteiger partial charge in [-0.15, -0.1) is 0 Å². The molecule has 0 radical (unpaired) electrons. The maximum atomic E-state index is 12.0. The third kappa shape index (κ3) is 3.05. The summed E-state index contributed by atoms with van der Waals surface area (Å²) in [4.78, 5) is 12.7. The number of halogens is 3. The molecular weight excluding hydrogens is 195 g/mol. The Hall–Kier alpha value is -1.00. The molecule has 1 heterocycles. The molecular formula is C9H12F3NO. The summed E-state index contributed by atoms with van der Waals surface area (Å²) in [6.07, 6.45) is -2.65. The first kappa shape index (κ1) is 11.1. The van der Waals surface area contributed by atoms with Gasteiger partial charge in [-0.1, -0.05) is 0 Å². The number of amides is 1. The van der Waals surface area contributed by atoms with Gasteiger partial charge in [0.1, 0.15) is 0 Å². The number of nitrogens with zero attached hydrogens (tertiary/aromatic N) is 1. The van der Waals surface area contributed by atoms with Crippen molar-refractivity contribution in [3.05, 3.63) is 11.6 Å². The van der Waals surface area contributed by atoms with Gasteiger partial charge >= 0.3 is 6.18 Å². The molecule has 0 atom stereocenters. The Morgan fingerprint density at radius 1 is 1.36 bits per heavy atom. The summed E-state index contributed by atoms with van der Waals surface area (Å²) >= 11 is 0. The lowest BCUT2D eigenvalue weighted by atomic mass is 10.1. The van der Waals surface area contributed by atoms with Crippen LogP contribution in [-0.2, 0) is 4.79 Å². The maximum absolute atomic E-state index is 12.0. The highest BCUT2D eigenvalue weighted by molar-refractivity contribution is 5.93. The second-order valence-electron chi connectivity index (χ2n) is 3.40. The fourth-order valence-corrected chi connectivity index (χ4v) is 1.45. The van der Waals surface area contributed by atoms with Crippen LogP contribution in [0.5, 0.6) is 0 Å². The molecule has 1 amide bonds. The minimum absolute atomic E-state index is 0.122. The molecule has 0 spiro atoms. The highest BCUT2D eigenvalue weighted by Crippen LogP contribution is 2.23. The van der Waals surface area contributed by atoms with Crippen LogP contribution in [0.3, 0.4) is 0 Å². The van der Waals surface area contributed by atoms with E-state index in [1.807, 2.05) is 0 Å². The van der Waals surface area contributed by atoms with Crippen LogP contribution in [-0.4, -0.2) is 30.6 Å². The van der Waals surface area contributed by atoms with Crippen molar-refractivity contribution in [3.63, 3.8) is 0 Å². The molecule has 0 aromatic heterocycles. The van der Waals surface area contributed by atoms with Gasteiger partial charge in [0.2, 0.25) is 5.91 Å². The quantitative estimate of drug-likeness (QED) is 0.557. The fraction of sp³-hybridized carbons (Fsp3) is 0.667. The van der Waals surface area contributed by atoms with E-state index in [0.717, 1.165) is 6.42 Å². The highest BCUT2D eigenvalue weighted by Gasteiger charge is 2.28. The van der Waals surface area contributed by atoms with E-state index in [1.165, 1.54) is 11.9 Å². The zero-order valence-corrected chi connectivity index (χ0v) is 7.90. The molecule has 0 aliphatic carbocycles. The Balaban J connectivity index is 2.85. The number of carbonyl (C=O) groups excluding carboxylic acids is 1. The minimum atomic E-state index is -4.39. The number of likely N-dealkylation sites (tertiary alicyclic amines) is 1. The van der Waals surface area contributed by atoms with Crippen LogP contribution in [0.25, 0.3) is 0 Å². The second-order valence-corrected chi connectivity index (χ2v) is 3.40. The maximum Gasteiger partial charge on any atom is 0.410 e. The zero-order valence-electron chi connectivity index (χ0n) is 7.90. The average molecular weight is 207 g/mol. The molecule has 1 fully saturated rings. The Morgan fingerprint density at radius 3 is 2.57 bits per heavy atom. The van der Waals surface area contributed by atoms with Gasteiger partial charge < -0.3 is 4.90 Å². The highest BCUT2D eigenvalue weighted by atomic mass is 19.4. The summed E-state index contributed by atoms with van der Waals surface area (Å²) in [5, 5.41) is 0. The molecule has 1 aliphatic heterocycles. The van der Waals surface area contributed by atoms with E-state index in [0.29, 0.717) is 13.0 Å². The molecule has 1 rings (SSSR count). The van der Waals surface area contributed by atoms with Gasteiger partial charge in [0.25, 0.3) is 0 Å². The van der Waals surface area contributed by atoms with Crippen LogP contribution in [0.15, 0.2) is 11.6 Å². The molecule has 1 aliphatic rings. The third-order valence-corrected chi connectivity index (χ3v) is 2.15. The van der Waals surface area contributed by atoms with Crippen LogP contribution in [0.1, 0.15) is 19.3 Å². The van der Waals surface area contributed by atoms with Crippen molar-refractivity contribution in [2.75, 3.05) is 13.6 Å². The van der Waals surface area contributed by atoms with Gasteiger partial charge in [0.15, 0.2) is 0 Å². The lowest BCUT2D eigenvalue weighted by molar-refractivity contribution is -0.126. The van der Waals surface area contributed by atoms with Crippen LogP contribution < -0.4 is 0 Å². The number of alkyl halides is 3. The Morgan fingerprint density at radius 2 is 2.00 bits per heavy atom. The Bertz CT molecular complexity index is 257. The second kappa shape index (κ2) is 4.02. The van der Waals surface area contributed by atoms with Crippen molar-refractivity contribution < 1.29 is 18.0 Å². The van der Waals surface area contributed by atoms with E-state index in [2.05, 4.69) is 0 Å². The lowest BCUT2D eigenvalue weighted by Gasteiger charge is -2.14. The third-order valence-electron chi connectivity index (χ3n) is 2.15. The van der Waals surface area contributed by atoms with Crippen molar-refractivity contribution in [2.24, 2.45) is 0 Å². The van der Waals surface area contributed by atoms with Gasteiger partial charge in [-0.3, -0.25) is 4.79 Å². The normalized spacial score (nSPS) is 22.7. The molecule has 0 bridgehead atoms. The van der Waals surface area contributed by atoms with E-state index >= 15 is 0 Å². The van der Waals surface area contributed by atoms with Crippen LogP contribution in [0.4, 0.5) is 13.2 Å². The number of carbonyl (C=O) groups is 1. The van der Waals surface area contributed by atoms with Crippen molar-refractivity contribution in [1.82, 2.24) is 4.90 Å². The monoisotopic (exact) mass is 207 g/mol. The molecule has 1 saturated heterocycles. The van der Waals surface area contributed by atoms with E-state index in [1.54, 1.807) is 0 Å². The first-order chi connectivity index (χ1) is 6.40. The number of allylic oxidation sites excluding steroid dienone is 1. The summed E-state index contributed by atoms with van der Waals surface area (Å²) in [5.74, 6) is -0.500. The predicted octanol–water partition coefficient (Wildman–Crippen LogP) is 2.12. The summed E-state index contributed by atoms with van der Waals surface area (Å²) in [7, 11) is 1.53. The lowest BCUT2D eigenvalue weighted by Crippen LogP contribution is -2.27. The Labute approximate surface area is 80.4 Å². The number of rotatable bonds is 0. The van der Waals surface area contributed by atoms with E-state index < -0.39 is 12.1 Å². The molecule has 0 aromatic carbocycles. The van der Waals surface area contributed by atoms with Gasteiger partial charge in [-0.25, -0.2) is 0 Å².